The predicted molar refractivity (Wildman–Crippen MR) is 83.5 cm³/mol. The molecule has 0 radical (unpaired) electrons. The normalized spacial score (nSPS) is 19.8. The number of fused-ring (bicyclic) bond motifs is 1. The Hall–Kier alpha value is -1.25. The number of nitrogens with one attached hydrogen (secondary N) is 1. The fraction of sp³-hybridized carbons (Fsp3) is 0.562. The summed E-state index contributed by atoms with van der Waals surface area (Å²) in [5, 5.41) is 12.9. The molecule has 21 heavy (non-hydrogen) atoms. The van der Waals surface area contributed by atoms with Gasteiger partial charge < -0.3 is 9.47 Å². The molecule has 1 N–H and O–H groups in total. The highest BCUT2D eigenvalue weighted by Gasteiger charge is 2.23. The molecule has 1 aromatic carbocycles. The van der Waals surface area contributed by atoms with Crippen LogP contribution in [0.4, 0.5) is 0 Å². The molecule has 1 aromatic rings. The molecule has 5 heteroatoms. The fourth-order valence-corrected chi connectivity index (χ4v) is 3.53. The third-order valence-corrected chi connectivity index (χ3v) is 4.63. The number of nitrogens with zero attached hydrogens (tertiary/aromatic N) is 1. The standard InChI is InChI=1S/C16H19BrN2O2/c17-13-8-11(9-15-16(13)21-7-3-6-20-15)14(10-18)19-12-4-1-2-5-12/h8-9,12,14,19H,1-7H2. The smallest absolute Gasteiger partial charge is 0.175 e. The van der Waals surface area contributed by atoms with Crippen LogP contribution in [0.25, 0.3) is 0 Å². The highest BCUT2D eigenvalue weighted by molar-refractivity contribution is 9.10. The van der Waals surface area contributed by atoms with Crippen molar-refractivity contribution in [1.29, 1.82) is 5.26 Å². The van der Waals surface area contributed by atoms with Gasteiger partial charge in [-0.15, -0.1) is 0 Å². The molecule has 1 aliphatic heterocycles. The van der Waals surface area contributed by atoms with Gasteiger partial charge in [-0.05, 0) is 46.5 Å². The van der Waals surface area contributed by atoms with Crippen LogP contribution in [0.2, 0.25) is 0 Å². The van der Waals surface area contributed by atoms with Gasteiger partial charge in [0.2, 0.25) is 0 Å². The van der Waals surface area contributed by atoms with E-state index in [1.807, 2.05) is 12.1 Å². The van der Waals surface area contributed by atoms with Crippen molar-refractivity contribution in [2.45, 2.75) is 44.2 Å². The Morgan fingerprint density at radius 1 is 1.19 bits per heavy atom. The number of ether oxygens (including phenoxy) is 2. The van der Waals surface area contributed by atoms with E-state index >= 15 is 0 Å². The van der Waals surface area contributed by atoms with E-state index in [1.54, 1.807) is 0 Å². The SMILES string of the molecule is N#CC(NC1CCCC1)c1cc(Br)c2c(c1)OCCCO2. The first-order chi connectivity index (χ1) is 10.3. The van der Waals surface area contributed by atoms with Crippen LogP contribution in [0, 0.1) is 11.3 Å². The molecule has 0 aromatic heterocycles. The number of benzene rings is 1. The third kappa shape index (κ3) is 3.33. The quantitative estimate of drug-likeness (QED) is 0.902. The first-order valence-corrected chi connectivity index (χ1v) is 8.32. The number of rotatable bonds is 3. The fourth-order valence-electron chi connectivity index (χ4n) is 2.95. The molecule has 112 valence electrons. The lowest BCUT2D eigenvalue weighted by atomic mass is 10.1. The number of nitriles is 1. The zero-order valence-electron chi connectivity index (χ0n) is 11.9. The molecule has 1 aliphatic carbocycles. The van der Waals surface area contributed by atoms with Crippen LogP contribution in [0.1, 0.15) is 43.7 Å². The topological polar surface area (TPSA) is 54.3 Å². The van der Waals surface area contributed by atoms with Crippen LogP contribution < -0.4 is 14.8 Å². The molecule has 1 atom stereocenters. The van der Waals surface area contributed by atoms with E-state index in [2.05, 4.69) is 27.3 Å². The highest BCUT2D eigenvalue weighted by Crippen LogP contribution is 2.39. The average Bonchev–Trinajstić information content (AvgIpc) is 2.88. The molecule has 1 fully saturated rings. The summed E-state index contributed by atoms with van der Waals surface area (Å²) in [6.45, 7) is 1.31. The van der Waals surface area contributed by atoms with Crippen molar-refractivity contribution in [2.24, 2.45) is 0 Å². The van der Waals surface area contributed by atoms with Crippen LogP contribution in [-0.2, 0) is 0 Å². The van der Waals surface area contributed by atoms with E-state index < -0.39 is 0 Å². The molecule has 4 nitrogen and oxygen atoms in total. The van der Waals surface area contributed by atoms with Crippen molar-refractivity contribution in [1.82, 2.24) is 5.32 Å². The van der Waals surface area contributed by atoms with Gasteiger partial charge in [0.05, 0.1) is 23.8 Å². The Labute approximate surface area is 133 Å². The van der Waals surface area contributed by atoms with Crippen molar-refractivity contribution in [2.75, 3.05) is 13.2 Å². The molecule has 2 aliphatic rings. The predicted octanol–water partition coefficient (Wildman–Crippen LogP) is 3.71. The lowest BCUT2D eigenvalue weighted by Crippen LogP contribution is -2.29. The van der Waals surface area contributed by atoms with E-state index in [0.717, 1.165) is 40.8 Å². The van der Waals surface area contributed by atoms with Gasteiger partial charge in [0, 0.05) is 12.5 Å². The maximum atomic E-state index is 9.49. The maximum absolute atomic E-state index is 9.49. The van der Waals surface area contributed by atoms with Gasteiger partial charge in [-0.1, -0.05) is 12.8 Å². The third-order valence-electron chi connectivity index (χ3n) is 4.04. The Balaban J connectivity index is 1.84. The van der Waals surface area contributed by atoms with Gasteiger partial charge in [0.25, 0.3) is 0 Å². The van der Waals surface area contributed by atoms with E-state index in [9.17, 15) is 5.26 Å². The summed E-state index contributed by atoms with van der Waals surface area (Å²) in [5.74, 6) is 1.47. The van der Waals surface area contributed by atoms with Crippen molar-refractivity contribution < 1.29 is 9.47 Å². The lowest BCUT2D eigenvalue weighted by Gasteiger charge is -2.19. The maximum Gasteiger partial charge on any atom is 0.175 e. The van der Waals surface area contributed by atoms with Crippen LogP contribution >= 0.6 is 15.9 Å². The second kappa shape index (κ2) is 6.67. The summed E-state index contributed by atoms with van der Waals surface area (Å²) >= 11 is 3.54. The zero-order valence-corrected chi connectivity index (χ0v) is 13.5. The molecule has 1 saturated carbocycles. The minimum Gasteiger partial charge on any atom is -0.490 e. The second-order valence-electron chi connectivity index (χ2n) is 5.59. The minimum atomic E-state index is -0.304. The highest BCUT2D eigenvalue weighted by atomic mass is 79.9. The Kier molecular flexibility index (Phi) is 4.67. The molecule has 3 rings (SSSR count). The molecule has 1 heterocycles. The van der Waals surface area contributed by atoms with E-state index in [1.165, 1.54) is 12.8 Å². The number of hydrogen-bond donors (Lipinski definition) is 1. The first kappa shape index (κ1) is 14.7. The van der Waals surface area contributed by atoms with Gasteiger partial charge in [0.15, 0.2) is 11.5 Å². The molecular formula is C16H19BrN2O2. The summed E-state index contributed by atoms with van der Waals surface area (Å²) in [4.78, 5) is 0. The van der Waals surface area contributed by atoms with Gasteiger partial charge in [-0.2, -0.15) is 5.26 Å². The average molecular weight is 351 g/mol. The summed E-state index contributed by atoms with van der Waals surface area (Å²) in [6, 6.07) is 6.40. The van der Waals surface area contributed by atoms with Gasteiger partial charge in [-0.3, -0.25) is 5.32 Å². The van der Waals surface area contributed by atoms with Crippen molar-refractivity contribution in [3.8, 4) is 17.6 Å². The molecule has 1 unspecified atom stereocenters. The summed E-state index contributed by atoms with van der Waals surface area (Å²) in [6.07, 6.45) is 5.69. The van der Waals surface area contributed by atoms with Crippen LogP contribution in [0.5, 0.6) is 11.5 Å². The second-order valence-corrected chi connectivity index (χ2v) is 6.44. The molecule has 0 amide bonds. The molecule has 0 saturated heterocycles. The van der Waals surface area contributed by atoms with Gasteiger partial charge in [0.1, 0.15) is 6.04 Å². The Bertz CT molecular complexity index is 550. The van der Waals surface area contributed by atoms with Crippen molar-refractivity contribution in [3.63, 3.8) is 0 Å². The number of hydrogen-bond acceptors (Lipinski definition) is 4. The van der Waals surface area contributed by atoms with Crippen LogP contribution in [-0.4, -0.2) is 19.3 Å². The van der Waals surface area contributed by atoms with E-state index in [-0.39, 0.29) is 6.04 Å². The lowest BCUT2D eigenvalue weighted by molar-refractivity contribution is 0.296. The van der Waals surface area contributed by atoms with E-state index in [0.29, 0.717) is 19.3 Å². The summed E-state index contributed by atoms with van der Waals surface area (Å²) in [7, 11) is 0. The Morgan fingerprint density at radius 3 is 2.71 bits per heavy atom. The van der Waals surface area contributed by atoms with Crippen LogP contribution in [0.15, 0.2) is 16.6 Å². The van der Waals surface area contributed by atoms with E-state index in [4.69, 9.17) is 9.47 Å². The van der Waals surface area contributed by atoms with Crippen LogP contribution in [0.3, 0.4) is 0 Å². The van der Waals surface area contributed by atoms with Gasteiger partial charge in [-0.25, -0.2) is 0 Å². The molecule has 0 spiro atoms. The summed E-state index contributed by atoms with van der Waals surface area (Å²) < 4.78 is 12.3. The van der Waals surface area contributed by atoms with Crippen molar-refractivity contribution in [3.05, 3.63) is 22.2 Å². The first-order valence-electron chi connectivity index (χ1n) is 7.52. The molecule has 0 bridgehead atoms. The largest absolute Gasteiger partial charge is 0.490 e. The zero-order chi connectivity index (χ0) is 14.7. The number of halogens is 1. The van der Waals surface area contributed by atoms with Gasteiger partial charge >= 0.3 is 0 Å². The monoisotopic (exact) mass is 350 g/mol. The van der Waals surface area contributed by atoms with Crippen molar-refractivity contribution >= 4 is 15.9 Å². The summed E-state index contributed by atoms with van der Waals surface area (Å²) in [5.41, 5.74) is 0.931. The Morgan fingerprint density at radius 2 is 1.95 bits per heavy atom. The molecular weight excluding hydrogens is 332 g/mol. The minimum absolute atomic E-state index is 0.304.